The van der Waals surface area contributed by atoms with E-state index in [1.165, 1.54) is 12.1 Å². The number of carbonyl (C=O) groups is 2. The van der Waals surface area contributed by atoms with Gasteiger partial charge in [0.1, 0.15) is 23.2 Å². The van der Waals surface area contributed by atoms with Crippen molar-refractivity contribution < 1.29 is 33.3 Å². The van der Waals surface area contributed by atoms with Crippen LogP contribution >= 0.6 is 0 Å². The number of nitrogen functional groups attached to an aromatic ring is 1. The molecule has 0 fully saturated rings. The Hall–Kier alpha value is -2.84. The monoisotopic (exact) mass is 447 g/mol. The third-order valence-corrected chi connectivity index (χ3v) is 4.71. The number of carbonyl (C=O) groups excluding carboxylic acids is 2. The highest BCUT2D eigenvalue weighted by Gasteiger charge is 2.27. The first-order chi connectivity index (χ1) is 15.5. The SMILES string of the molecule is CCOCOc1cc(OCOCC)c2c(c1N)CC(=O)C=CCC/C=C/C[C@@H](C)OC2=O. The molecule has 1 atom stereocenters. The van der Waals surface area contributed by atoms with E-state index >= 15 is 0 Å². The van der Waals surface area contributed by atoms with E-state index in [-0.39, 0.29) is 54.6 Å². The number of nitrogens with two attached hydrogens (primary N) is 1. The summed E-state index contributed by atoms with van der Waals surface area (Å²) in [5.41, 5.74) is 6.91. The van der Waals surface area contributed by atoms with Crippen molar-refractivity contribution in [1.29, 1.82) is 0 Å². The number of hydrogen-bond donors (Lipinski definition) is 1. The van der Waals surface area contributed by atoms with Gasteiger partial charge in [-0.1, -0.05) is 18.2 Å². The lowest BCUT2D eigenvalue weighted by molar-refractivity contribution is -0.114. The topological polar surface area (TPSA) is 106 Å². The zero-order valence-electron chi connectivity index (χ0n) is 19.1. The molecule has 8 heteroatoms. The molecule has 0 unspecified atom stereocenters. The van der Waals surface area contributed by atoms with Crippen LogP contribution in [0.25, 0.3) is 0 Å². The molecule has 0 aromatic heterocycles. The molecule has 2 rings (SSSR count). The first-order valence-corrected chi connectivity index (χ1v) is 10.9. The molecule has 176 valence electrons. The molecule has 2 N–H and O–H groups in total. The number of benzene rings is 1. The van der Waals surface area contributed by atoms with Crippen LogP contribution in [0.1, 0.15) is 56.0 Å². The molecular weight excluding hydrogens is 414 g/mol. The Morgan fingerprint density at radius 1 is 1.00 bits per heavy atom. The minimum absolute atomic E-state index is 0.0357. The zero-order valence-corrected chi connectivity index (χ0v) is 19.1. The number of allylic oxidation sites excluding steroid dienone is 3. The standard InChI is InChI=1S/C24H33NO7/c1-4-28-15-30-20-14-21(31-16-29-5-2)23(25)19-13-18(26)12-10-8-6-7-9-11-17(3)32-24(27)22(19)20/h7,9-10,12,14,17H,4-6,8,11,13,15-16,25H2,1-3H3/b9-7+,12-10?/t17-/m1/s1. The number of ether oxygens (including phenoxy) is 5. The molecule has 1 heterocycles. The lowest BCUT2D eigenvalue weighted by atomic mass is 9.97. The molecular formula is C24H33NO7. The summed E-state index contributed by atoms with van der Waals surface area (Å²) in [7, 11) is 0. The molecule has 0 aliphatic carbocycles. The Labute approximate surface area is 189 Å². The van der Waals surface area contributed by atoms with Crippen LogP contribution in [-0.4, -0.2) is 44.7 Å². The maximum atomic E-state index is 13.2. The molecule has 0 saturated heterocycles. The second kappa shape index (κ2) is 13.5. The Kier molecular flexibility index (Phi) is 10.8. The number of ketones is 1. The first-order valence-electron chi connectivity index (χ1n) is 10.9. The van der Waals surface area contributed by atoms with Crippen LogP contribution in [0.15, 0.2) is 30.4 Å². The predicted octanol–water partition coefficient (Wildman–Crippen LogP) is 3.97. The fourth-order valence-corrected chi connectivity index (χ4v) is 3.05. The smallest absolute Gasteiger partial charge is 0.342 e. The van der Waals surface area contributed by atoms with E-state index in [0.717, 1.165) is 12.8 Å². The Morgan fingerprint density at radius 3 is 2.34 bits per heavy atom. The molecule has 0 radical (unpaired) electrons. The van der Waals surface area contributed by atoms with Crippen LogP contribution in [0.3, 0.4) is 0 Å². The van der Waals surface area contributed by atoms with Gasteiger partial charge in [-0.05, 0) is 39.7 Å². The molecule has 1 aliphatic heterocycles. The summed E-state index contributed by atoms with van der Waals surface area (Å²) in [5.74, 6) is -0.391. The summed E-state index contributed by atoms with van der Waals surface area (Å²) in [6, 6.07) is 1.50. The molecule has 1 aromatic rings. The highest BCUT2D eigenvalue weighted by molar-refractivity contribution is 6.01. The van der Waals surface area contributed by atoms with E-state index in [0.29, 0.717) is 25.2 Å². The lowest BCUT2D eigenvalue weighted by Crippen LogP contribution is -2.20. The van der Waals surface area contributed by atoms with Crippen molar-refractivity contribution in [2.75, 3.05) is 32.5 Å². The fraction of sp³-hybridized carbons (Fsp3) is 0.500. The second-order valence-electron chi connectivity index (χ2n) is 7.20. The van der Waals surface area contributed by atoms with E-state index in [9.17, 15) is 9.59 Å². The number of rotatable bonds is 8. The molecule has 0 saturated carbocycles. The van der Waals surface area contributed by atoms with Crippen LogP contribution in [0.2, 0.25) is 0 Å². The van der Waals surface area contributed by atoms with Gasteiger partial charge in [-0.2, -0.15) is 0 Å². The Morgan fingerprint density at radius 2 is 1.66 bits per heavy atom. The molecule has 0 bridgehead atoms. The van der Waals surface area contributed by atoms with Gasteiger partial charge in [0, 0.05) is 37.7 Å². The highest BCUT2D eigenvalue weighted by atomic mass is 16.7. The largest absolute Gasteiger partial charge is 0.466 e. The quantitative estimate of drug-likeness (QED) is 0.210. The second-order valence-corrected chi connectivity index (χ2v) is 7.20. The number of anilines is 1. The summed E-state index contributed by atoms with van der Waals surface area (Å²) in [4.78, 5) is 25.8. The van der Waals surface area contributed by atoms with Crippen molar-refractivity contribution in [3.05, 3.63) is 41.5 Å². The number of fused-ring (bicyclic) bond motifs is 1. The lowest BCUT2D eigenvalue weighted by Gasteiger charge is -2.21. The van der Waals surface area contributed by atoms with Crippen LogP contribution in [0.5, 0.6) is 11.5 Å². The molecule has 0 amide bonds. The third kappa shape index (κ3) is 7.69. The third-order valence-electron chi connectivity index (χ3n) is 4.71. The van der Waals surface area contributed by atoms with Crippen LogP contribution in [0.4, 0.5) is 5.69 Å². The fourth-order valence-electron chi connectivity index (χ4n) is 3.05. The van der Waals surface area contributed by atoms with Crippen LogP contribution < -0.4 is 15.2 Å². The number of esters is 1. The van der Waals surface area contributed by atoms with E-state index < -0.39 is 5.97 Å². The summed E-state index contributed by atoms with van der Waals surface area (Å²) < 4.78 is 27.5. The van der Waals surface area contributed by atoms with Gasteiger partial charge in [0.15, 0.2) is 19.4 Å². The Balaban J connectivity index is 2.55. The average molecular weight is 448 g/mol. The molecule has 8 nitrogen and oxygen atoms in total. The van der Waals surface area contributed by atoms with Gasteiger partial charge in [0.2, 0.25) is 0 Å². The van der Waals surface area contributed by atoms with Gasteiger partial charge in [0.05, 0.1) is 5.69 Å². The van der Waals surface area contributed by atoms with E-state index in [1.54, 1.807) is 0 Å². The molecule has 32 heavy (non-hydrogen) atoms. The minimum Gasteiger partial charge on any atom is -0.466 e. The van der Waals surface area contributed by atoms with Gasteiger partial charge < -0.3 is 29.4 Å². The van der Waals surface area contributed by atoms with Gasteiger partial charge >= 0.3 is 5.97 Å². The van der Waals surface area contributed by atoms with Crippen molar-refractivity contribution in [2.45, 2.75) is 52.6 Å². The first kappa shape index (κ1) is 25.4. The Bertz CT molecular complexity index is 832. The summed E-state index contributed by atoms with van der Waals surface area (Å²) in [6.07, 6.45) is 8.94. The summed E-state index contributed by atoms with van der Waals surface area (Å²) >= 11 is 0. The van der Waals surface area contributed by atoms with Gasteiger partial charge in [-0.25, -0.2) is 4.79 Å². The van der Waals surface area contributed by atoms with E-state index in [1.807, 2.05) is 39.0 Å². The maximum absolute atomic E-state index is 13.2. The van der Waals surface area contributed by atoms with Crippen molar-refractivity contribution in [1.82, 2.24) is 0 Å². The maximum Gasteiger partial charge on any atom is 0.342 e. The summed E-state index contributed by atoms with van der Waals surface area (Å²) in [6.45, 7) is 6.24. The van der Waals surface area contributed by atoms with Crippen LogP contribution in [0, 0.1) is 0 Å². The average Bonchev–Trinajstić information content (AvgIpc) is 2.75. The van der Waals surface area contributed by atoms with Crippen molar-refractivity contribution in [3.8, 4) is 11.5 Å². The number of cyclic esters (lactones) is 1. The van der Waals surface area contributed by atoms with Gasteiger partial charge in [-0.3, -0.25) is 4.79 Å². The number of hydrogen-bond acceptors (Lipinski definition) is 8. The molecule has 1 aliphatic rings. The van der Waals surface area contributed by atoms with Gasteiger partial charge in [0.25, 0.3) is 0 Å². The normalized spacial score (nSPS) is 18.4. The highest BCUT2D eigenvalue weighted by Crippen LogP contribution is 2.37. The summed E-state index contributed by atoms with van der Waals surface area (Å²) in [5, 5.41) is 0. The van der Waals surface area contributed by atoms with Crippen molar-refractivity contribution in [3.63, 3.8) is 0 Å². The molecule has 1 aromatic carbocycles. The predicted molar refractivity (Wildman–Crippen MR) is 121 cm³/mol. The van der Waals surface area contributed by atoms with Crippen molar-refractivity contribution in [2.24, 2.45) is 0 Å². The van der Waals surface area contributed by atoms with Crippen molar-refractivity contribution >= 4 is 17.4 Å². The van der Waals surface area contributed by atoms with E-state index in [2.05, 4.69) is 0 Å². The van der Waals surface area contributed by atoms with Gasteiger partial charge in [-0.15, -0.1) is 0 Å². The van der Waals surface area contributed by atoms with Crippen LogP contribution in [-0.2, 0) is 25.4 Å². The zero-order chi connectivity index (χ0) is 23.3. The van der Waals surface area contributed by atoms with E-state index in [4.69, 9.17) is 29.4 Å². The molecule has 0 spiro atoms. The minimum atomic E-state index is -0.621.